The van der Waals surface area contributed by atoms with E-state index in [1.165, 1.54) is 25.1 Å². The number of primary amides is 1. The molecule has 0 saturated carbocycles. The molecule has 0 saturated heterocycles. The molecule has 0 unspecified atom stereocenters. The molecule has 3 aliphatic rings. The van der Waals surface area contributed by atoms with Crippen molar-refractivity contribution < 1.29 is 47.8 Å². The first-order valence-electron chi connectivity index (χ1n) is 9.93. The molecule has 3 atom stereocenters. The first kappa shape index (κ1) is 24.9. The molecule has 1 aromatic carbocycles. The molecule has 4 rings (SSSR count). The van der Waals surface area contributed by atoms with Crippen LogP contribution in [-0.4, -0.2) is 81.5 Å². The van der Waals surface area contributed by atoms with Crippen molar-refractivity contribution in [2.45, 2.75) is 23.0 Å². The number of benzene rings is 1. The number of ketones is 2. The van der Waals surface area contributed by atoms with Crippen LogP contribution in [0, 0.1) is 5.92 Å². The number of rotatable bonds is 3. The number of fused-ring (bicyclic) bond motifs is 3. The fourth-order valence-corrected chi connectivity index (χ4v) is 5.93. The number of nitrogens with zero attached hydrogens (tertiary/aromatic N) is 1. The molecule has 7 N–H and O–H groups in total. The van der Waals surface area contributed by atoms with Gasteiger partial charge in [0.15, 0.2) is 5.60 Å². The van der Waals surface area contributed by atoms with E-state index < -0.39 is 84.0 Å². The molecule has 0 aliphatic heterocycles. The summed E-state index contributed by atoms with van der Waals surface area (Å²) >= 11 is 6.13. The number of aliphatic hydroxyl groups excluding tert-OH is 2. The highest BCUT2D eigenvalue weighted by atomic mass is 35.5. The van der Waals surface area contributed by atoms with Gasteiger partial charge in [0, 0.05) is 11.5 Å². The number of aliphatic hydroxyl groups is 3. The number of aromatic hydroxyl groups is 1. The Bertz CT molecular complexity index is 1460. The quantitative estimate of drug-likeness (QED) is 0.231. The van der Waals surface area contributed by atoms with E-state index in [1.54, 1.807) is 0 Å². The molecule has 0 bridgehead atoms. The van der Waals surface area contributed by atoms with E-state index in [0.717, 1.165) is 6.07 Å². The van der Waals surface area contributed by atoms with Crippen molar-refractivity contribution in [3.05, 3.63) is 50.5 Å². The fourth-order valence-electron chi connectivity index (χ4n) is 4.99. The third-order valence-electron chi connectivity index (χ3n) is 6.49. The molecule has 1 amide bonds. The second-order valence-electron chi connectivity index (χ2n) is 8.63. The maximum absolute atomic E-state index is 13.4. The molecule has 0 fully saturated rings. The molecule has 0 radical (unpaired) electrons. The van der Waals surface area contributed by atoms with Crippen LogP contribution in [-0.2, 0) is 19.7 Å². The number of phenolic OH excluding ortho intramolecular Hbond substituents is 1. The lowest BCUT2D eigenvalue weighted by atomic mass is 9.61. The zero-order valence-electron chi connectivity index (χ0n) is 18.1. The van der Waals surface area contributed by atoms with E-state index >= 15 is 0 Å². The highest BCUT2D eigenvalue weighted by Gasteiger charge is 2.62. The summed E-state index contributed by atoms with van der Waals surface area (Å²) in [5.74, 6) is -8.32. The molecule has 0 aromatic heterocycles. The average Bonchev–Trinajstić information content (AvgIpc) is 2.71. The molecule has 35 heavy (non-hydrogen) atoms. The van der Waals surface area contributed by atoms with E-state index in [2.05, 4.69) is 0 Å². The molecule has 14 heteroatoms. The van der Waals surface area contributed by atoms with Crippen LogP contribution in [0.25, 0.3) is 6.08 Å². The van der Waals surface area contributed by atoms with Crippen LogP contribution in [0.5, 0.6) is 5.75 Å². The highest BCUT2D eigenvalue weighted by Crippen LogP contribution is 2.52. The number of hydrogen-bond acceptors (Lipinski definition) is 10. The van der Waals surface area contributed by atoms with E-state index in [1.807, 2.05) is 0 Å². The van der Waals surface area contributed by atoms with Crippen LogP contribution in [0.1, 0.15) is 22.3 Å². The lowest BCUT2D eigenvalue weighted by Crippen LogP contribution is -2.62. The lowest BCUT2D eigenvalue weighted by molar-refractivity contribution is -0.146. The summed E-state index contributed by atoms with van der Waals surface area (Å²) in [5.41, 5.74) is 0.0244. The number of hydrogen-bond donors (Lipinski definition) is 6. The minimum absolute atomic E-state index is 0.0607. The zero-order chi connectivity index (χ0) is 26.4. The maximum Gasteiger partial charge on any atom is 0.298 e. The second-order valence-corrected chi connectivity index (χ2v) is 10.4. The molecule has 186 valence electrons. The summed E-state index contributed by atoms with van der Waals surface area (Å²) in [4.78, 5) is 38.8. The number of likely N-dealkylation sites (N-methyl/N-ethyl adjacent to an activating group) is 1. The van der Waals surface area contributed by atoms with E-state index in [9.17, 15) is 47.8 Å². The number of carbonyl (C=O) groups excluding carboxylic acids is 3. The SMILES string of the molecule is CN(C)[C@@H]1C(O)=C(C(N)=O)C(=O)[C@@]2(O)C(O)=C3C(=O)c4c(O)c(S(=O)(=O)O)cc(Cl)c4C=C3C[C@@H]12. The first-order valence-corrected chi connectivity index (χ1v) is 11.8. The summed E-state index contributed by atoms with van der Waals surface area (Å²) in [6.07, 6.45) is 0.960. The standard InChI is InChI=1S/C21H19ClN2O10S/c1-24(2)14-8-4-6-3-7-9(22)5-10(35(32,33)34)15(25)12(7)16(26)11(6)18(28)21(8,31)19(29)13(17(14)27)20(23)30/h3,5,8,14,25,27-28,31H,4H2,1-2H3,(H2,23,30)(H,32,33,34)/t8-,14-,21-/m0/s1. The van der Waals surface area contributed by atoms with Crippen LogP contribution in [0.15, 0.2) is 39.2 Å². The predicted molar refractivity (Wildman–Crippen MR) is 119 cm³/mol. The Kier molecular flexibility index (Phi) is 5.43. The molecule has 3 aliphatic carbocycles. The second kappa shape index (κ2) is 7.63. The van der Waals surface area contributed by atoms with Gasteiger partial charge in [-0.05, 0) is 38.2 Å². The topological polar surface area (TPSA) is 216 Å². The molecular weight excluding hydrogens is 508 g/mol. The van der Waals surface area contributed by atoms with Crippen LogP contribution in [0.4, 0.5) is 0 Å². The minimum Gasteiger partial charge on any atom is -0.510 e. The Morgan fingerprint density at radius 1 is 1.23 bits per heavy atom. The van der Waals surface area contributed by atoms with E-state index in [-0.39, 0.29) is 22.6 Å². The number of amides is 1. The van der Waals surface area contributed by atoms with E-state index in [4.69, 9.17) is 17.3 Å². The van der Waals surface area contributed by atoms with Crippen LogP contribution in [0.2, 0.25) is 5.02 Å². The zero-order valence-corrected chi connectivity index (χ0v) is 19.7. The van der Waals surface area contributed by atoms with Crippen molar-refractivity contribution >= 4 is 45.3 Å². The predicted octanol–water partition coefficient (Wildman–Crippen LogP) is 0.245. The number of allylic oxidation sites excluding steroid dienone is 2. The van der Waals surface area contributed by atoms with Crippen molar-refractivity contribution in [2.24, 2.45) is 11.7 Å². The third kappa shape index (κ3) is 3.23. The Morgan fingerprint density at radius 3 is 2.34 bits per heavy atom. The number of Topliss-reactive ketones (excluding diaryl/α,β-unsaturated/α-hetero) is 2. The van der Waals surface area contributed by atoms with Crippen molar-refractivity contribution in [3.63, 3.8) is 0 Å². The monoisotopic (exact) mass is 526 g/mol. The van der Waals surface area contributed by atoms with Crippen molar-refractivity contribution in [3.8, 4) is 5.75 Å². The van der Waals surface area contributed by atoms with Gasteiger partial charge in [-0.2, -0.15) is 8.42 Å². The third-order valence-corrected chi connectivity index (χ3v) is 7.67. The summed E-state index contributed by atoms with van der Waals surface area (Å²) < 4.78 is 32.7. The summed E-state index contributed by atoms with van der Waals surface area (Å²) in [7, 11) is -2.06. The molecule has 0 heterocycles. The Labute approximate surface area is 203 Å². The molecule has 1 aromatic rings. The van der Waals surface area contributed by atoms with Gasteiger partial charge in [0.1, 0.15) is 27.7 Å². The fraction of sp³-hybridized carbons (Fsp3) is 0.286. The van der Waals surface area contributed by atoms with Gasteiger partial charge in [-0.1, -0.05) is 11.6 Å². The summed E-state index contributed by atoms with van der Waals surface area (Å²) in [5, 5.41) is 43.3. The van der Waals surface area contributed by atoms with Crippen LogP contribution < -0.4 is 5.73 Å². The Morgan fingerprint density at radius 2 is 1.83 bits per heavy atom. The van der Waals surface area contributed by atoms with Gasteiger partial charge in [-0.15, -0.1) is 0 Å². The van der Waals surface area contributed by atoms with Gasteiger partial charge in [0.05, 0.1) is 22.2 Å². The number of halogens is 1. The smallest absolute Gasteiger partial charge is 0.298 e. The normalized spacial score (nSPS) is 26.4. The van der Waals surface area contributed by atoms with Crippen molar-refractivity contribution in [1.82, 2.24) is 4.90 Å². The van der Waals surface area contributed by atoms with Gasteiger partial charge in [-0.3, -0.25) is 23.8 Å². The van der Waals surface area contributed by atoms with Gasteiger partial charge in [-0.25, -0.2) is 0 Å². The molecular formula is C21H19ClN2O10S. The summed E-state index contributed by atoms with van der Waals surface area (Å²) in [6.45, 7) is 0. The first-order chi connectivity index (χ1) is 16.0. The highest BCUT2D eigenvalue weighted by molar-refractivity contribution is 7.86. The van der Waals surface area contributed by atoms with Gasteiger partial charge in [0.2, 0.25) is 11.6 Å². The van der Waals surface area contributed by atoms with Crippen LogP contribution in [0.3, 0.4) is 0 Å². The van der Waals surface area contributed by atoms with Gasteiger partial charge in [0.25, 0.3) is 16.0 Å². The van der Waals surface area contributed by atoms with E-state index in [0.29, 0.717) is 0 Å². The number of carbonyl (C=O) groups is 3. The lowest BCUT2D eigenvalue weighted by Gasteiger charge is -2.48. The number of nitrogens with two attached hydrogens (primary N) is 1. The number of phenols is 1. The Balaban J connectivity index is 2.05. The molecule has 0 spiro atoms. The molecule has 12 nitrogen and oxygen atoms in total. The van der Waals surface area contributed by atoms with Crippen molar-refractivity contribution in [2.75, 3.05) is 14.1 Å². The van der Waals surface area contributed by atoms with Crippen molar-refractivity contribution in [1.29, 1.82) is 0 Å². The summed E-state index contributed by atoms with van der Waals surface area (Å²) in [6, 6.07) is -0.448. The largest absolute Gasteiger partial charge is 0.510 e. The minimum atomic E-state index is -5.02. The Hall–Kier alpha value is -3.23. The average molecular weight is 527 g/mol. The van der Waals surface area contributed by atoms with Gasteiger partial charge >= 0.3 is 0 Å². The van der Waals surface area contributed by atoms with Gasteiger partial charge < -0.3 is 26.2 Å². The van der Waals surface area contributed by atoms with Crippen LogP contribution >= 0.6 is 11.6 Å². The maximum atomic E-state index is 13.4.